The van der Waals surface area contributed by atoms with Gasteiger partial charge in [-0.15, -0.1) is 0 Å². The predicted molar refractivity (Wildman–Crippen MR) is 114 cm³/mol. The van der Waals surface area contributed by atoms with Crippen LogP contribution in [0, 0.1) is 11.3 Å². The number of benzene rings is 1. The average Bonchev–Trinajstić information content (AvgIpc) is 3.40. The number of ether oxygens (including phenoxy) is 2. The Bertz CT molecular complexity index is 1400. The van der Waals surface area contributed by atoms with E-state index < -0.39 is 11.9 Å². The monoisotopic (exact) mass is 430 g/mol. The molecular weight excluding hydrogens is 412 g/mol. The molecule has 4 aromatic rings. The van der Waals surface area contributed by atoms with Crippen molar-refractivity contribution in [2.45, 2.75) is 6.92 Å². The molecule has 160 valence electrons. The quantitative estimate of drug-likeness (QED) is 0.477. The number of nitrogen functional groups attached to an aromatic ring is 1. The summed E-state index contributed by atoms with van der Waals surface area (Å²) < 4.78 is 12.9. The fourth-order valence-corrected chi connectivity index (χ4v) is 3.35. The molecule has 0 aliphatic carbocycles. The van der Waals surface area contributed by atoms with Crippen molar-refractivity contribution < 1.29 is 19.1 Å². The van der Waals surface area contributed by atoms with Crippen LogP contribution in [-0.2, 0) is 9.47 Å². The summed E-state index contributed by atoms with van der Waals surface area (Å²) >= 11 is 0. The third-order valence-electron chi connectivity index (χ3n) is 4.81. The van der Waals surface area contributed by atoms with E-state index in [-0.39, 0.29) is 29.2 Å². The van der Waals surface area contributed by atoms with Crippen molar-refractivity contribution in [3.63, 3.8) is 0 Å². The first-order chi connectivity index (χ1) is 15.5. The van der Waals surface area contributed by atoms with E-state index in [0.29, 0.717) is 17.0 Å². The summed E-state index contributed by atoms with van der Waals surface area (Å²) in [4.78, 5) is 28.7. The minimum Gasteiger partial charge on any atom is -0.464 e. The zero-order valence-electron chi connectivity index (χ0n) is 17.3. The van der Waals surface area contributed by atoms with Gasteiger partial charge in [0.25, 0.3) is 0 Å². The maximum Gasteiger partial charge on any atom is 0.358 e. The van der Waals surface area contributed by atoms with Crippen LogP contribution in [0.2, 0.25) is 0 Å². The highest BCUT2D eigenvalue weighted by Crippen LogP contribution is 2.28. The number of nitrogens with zero attached hydrogens (tertiary/aromatic N) is 5. The van der Waals surface area contributed by atoms with Gasteiger partial charge in [0.1, 0.15) is 6.07 Å². The third kappa shape index (κ3) is 3.41. The Morgan fingerprint density at radius 3 is 2.75 bits per heavy atom. The van der Waals surface area contributed by atoms with Crippen LogP contribution in [0.1, 0.15) is 33.5 Å². The molecule has 0 aliphatic rings. The van der Waals surface area contributed by atoms with Gasteiger partial charge in [0.05, 0.1) is 30.7 Å². The maximum atomic E-state index is 12.3. The summed E-state index contributed by atoms with van der Waals surface area (Å²) in [6.07, 6.45) is 3.09. The van der Waals surface area contributed by atoms with E-state index in [1.54, 1.807) is 43.5 Å². The number of aromatic nitrogens is 4. The van der Waals surface area contributed by atoms with Crippen LogP contribution in [0.4, 0.5) is 5.69 Å². The standard InChI is InChI=1S/C22H18N6O4/c1-3-32-21(29)16-10-18-25-8-7-17(28(18)26-16)13-5-4-6-15(9-13)27-12-14(11-23)19(24)20(27)22(30)31-2/h4-10,12H,3,24H2,1-2H3. The van der Waals surface area contributed by atoms with Gasteiger partial charge in [-0.05, 0) is 25.1 Å². The molecule has 0 unspecified atom stereocenters. The molecule has 0 saturated carbocycles. The largest absolute Gasteiger partial charge is 0.464 e. The SMILES string of the molecule is CCOC(=O)c1cc2nccc(-c3cccc(-n4cc(C#N)c(N)c4C(=O)OC)c3)n2n1. The minimum atomic E-state index is -0.660. The van der Waals surface area contributed by atoms with Gasteiger partial charge in [-0.25, -0.2) is 19.1 Å². The molecule has 32 heavy (non-hydrogen) atoms. The molecule has 0 saturated heterocycles. The Morgan fingerprint density at radius 2 is 2.03 bits per heavy atom. The molecule has 3 heterocycles. The van der Waals surface area contributed by atoms with Gasteiger partial charge in [0, 0.05) is 29.7 Å². The van der Waals surface area contributed by atoms with Crippen LogP contribution in [-0.4, -0.2) is 44.8 Å². The lowest BCUT2D eigenvalue weighted by atomic mass is 10.1. The summed E-state index contributed by atoms with van der Waals surface area (Å²) in [6.45, 7) is 1.96. The van der Waals surface area contributed by atoms with Crippen LogP contribution < -0.4 is 5.73 Å². The lowest BCUT2D eigenvalue weighted by molar-refractivity contribution is 0.0518. The molecule has 0 fully saturated rings. The van der Waals surface area contributed by atoms with Crippen molar-refractivity contribution in [3.8, 4) is 23.0 Å². The van der Waals surface area contributed by atoms with Gasteiger partial charge in [-0.2, -0.15) is 10.4 Å². The number of hydrogen-bond acceptors (Lipinski definition) is 8. The molecule has 1 aromatic carbocycles. The highest BCUT2D eigenvalue weighted by atomic mass is 16.5. The van der Waals surface area contributed by atoms with E-state index in [9.17, 15) is 14.9 Å². The molecule has 10 nitrogen and oxygen atoms in total. The number of carbonyl (C=O) groups excluding carboxylic acids is 2. The molecule has 0 amide bonds. The maximum absolute atomic E-state index is 12.3. The molecule has 0 radical (unpaired) electrons. The van der Waals surface area contributed by atoms with Crippen molar-refractivity contribution in [2.24, 2.45) is 0 Å². The average molecular weight is 430 g/mol. The van der Waals surface area contributed by atoms with E-state index in [2.05, 4.69) is 10.1 Å². The first-order valence-corrected chi connectivity index (χ1v) is 9.60. The predicted octanol–water partition coefficient (Wildman–Crippen LogP) is 2.60. The van der Waals surface area contributed by atoms with Crippen molar-refractivity contribution in [1.82, 2.24) is 19.2 Å². The van der Waals surface area contributed by atoms with Gasteiger partial charge >= 0.3 is 11.9 Å². The van der Waals surface area contributed by atoms with Crippen LogP contribution in [0.15, 0.2) is 48.8 Å². The molecule has 0 bridgehead atoms. The fourth-order valence-electron chi connectivity index (χ4n) is 3.35. The third-order valence-corrected chi connectivity index (χ3v) is 4.81. The van der Waals surface area contributed by atoms with Crippen LogP contribution in [0.3, 0.4) is 0 Å². The summed E-state index contributed by atoms with van der Waals surface area (Å²) in [6, 6.07) is 12.5. The topological polar surface area (TPSA) is 138 Å². The van der Waals surface area contributed by atoms with Gasteiger partial charge in [0.15, 0.2) is 17.0 Å². The number of nitriles is 1. The normalized spacial score (nSPS) is 10.7. The number of nitrogens with two attached hydrogens (primary N) is 1. The zero-order chi connectivity index (χ0) is 22.8. The molecule has 4 rings (SSSR count). The van der Waals surface area contributed by atoms with Crippen molar-refractivity contribution in [1.29, 1.82) is 5.26 Å². The van der Waals surface area contributed by atoms with Crippen LogP contribution in [0.5, 0.6) is 0 Å². The smallest absolute Gasteiger partial charge is 0.358 e. The van der Waals surface area contributed by atoms with E-state index in [1.807, 2.05) is 12.1 Å². The lowest BCUT2D eigenvalue weighted by Crippen LogP contribution is -2.11. The zero-order valence-corrected chi connectivity index (χ0v) is 17.3. The second-order valence-corrected chi connectivity index (χ2v) is 6.68. The van der Waals surface area contributed by atoms with Crippen molar-refractivity contribution in [2.75, 3.05) is 19.5 Å². The van der Waals surface area contributed by atoms with Gasteiger partial charge in [-0.1, -0.05) is 12.1 Å². The summed E-state index contributed by atoms with van der Waals surface area (Å²) in [5.74, 6) is -1.20. The fraction of sp³-hybridized carbons (Fsp3) is 0.136. The van der Waals surface area contributed by atoms with Crippen molar-refractivity contribution >= 4 is 23.3 Å². The molecular formula is C22H18N6O4. The molecule has 0 spiro atoms. The van der Waals surface area contributed by atoms with E-state index in [1.165, 1.54) is 22.4 Å². The van der Waals surface area contributed by atoms with E-state index in [4.69, 9.17) is 15.2 Å². The Kier molecular flexibility index (Phi) is 5.30. The molecule has 2 N–H and O–H groups in total. The number of methoxy groups -OCH3 is 1. The number of hydrogen-bond donors (Lipinski definition) is 1. The second kappa shape index (κ2) is 8.23. The Hall–Kier alpha value is -4.65. The first-order valence-electron chi connectivity index (χ1n) is 9.60. The van der Waals surface area contributed by atoms with Crippen LogP contribution >= 0.6 is 0 Å². The van der Waals surface area contributed by atoms with Gasteiger partial charge in [-0.3, -0.25) is 0 Å². The Balaban J connectivity index is 1.85. The number of anilines is 1. The summed E-state index contributed by atoms with van der Waals surface area (Å²) in [5, 5.41) is 13.7. The van der Waals surface area contributed by atoms with Crippen LogP contribution in [0.25, 0.3) is 22.6 Å². The molecule has 0 atom stereocenters. The van der Waals surface area contributed by atoms with Gasteiger partial charge < -0.3 is 19.8 Å². The summed E-state index contributed by atoms with van der Waals surface area (Å²) in [7, 11) is 1.24. The second-order valence-electron chi connectivity index (χ2n) is 6.68. The van der Waals surface area contributed by atoms with Gasteiger partial charge in [0.2, 0.25) is 0 Å². The first kappa shape index (κ1) is 20.6. The van der Waals surface area contributed by atoms with Crippen molar-refractivity contribution in [3.05, 3.63) is 65.7 Å². The number of fused-ring (bicyclic) bond motifs is 1. The highest BCUT2D eigenvalue weighted by molar-refractivity contribution is 5.96. The minimum absolute atomic E-state index is 0.0437. The lowest BCUT2D eigenvalue weighted by Gasteiger charge is -2.11. The van der Waals surface area contributed by atoms with E-state index >= 15 is 0 Å². The number of esters is 2. The molecule has 0 aliphatic heterocycles. The highest BCUT2D eigenvalue weighted by Gasteiger charge is 2.22. The van der Waals surface area contributed by atoms with E-state index in [0.717, 1.165) is 5.56 Å². The number of carbonyl (C=O) groups is 2. The Morgan fingerprint density at radius 1 is 1.22 bits per heavy atom. The Labute approximate surface area is 182 Å². The molecule has 10 heteroatoms. The number of rotatable bonds is 5. The molecule has 3 aromatic heterocycles. The summed E-state index contributed by atoms with van der Waals surface area (Å²) in [5.41, 5.74) is 8.86.